The second kappa shape index (κ2) is 8.48. The summed E-state index contributed by atoms with van der Waals surface area (Å²) < 4.78 is 0. The van der Waals surface area contributed by atoms with Gasteiger partial charge in [0.25, 0.3) is 5.91 Å². The van der Waals surface area contributed by atoms with Gasteiger partial charge in [-0.25, -0.2) is 4.98 Å². The highest BCUT2D eigenvalue weighted by molar-refractivity contribution is 6.29. The number of aryl methyl sites for hydroxylation is 1. The zero-order valence-corrected chi connectivity index (χ0v) is 17.2. The van der Waals surface area contributed by atoms with Crippen molar-refractivity contribution in [3.05, 3.63) is 63.9 Å². The van der Waals surface area contributed by atoms with Gasteiger partial charge >= 0.3 is 0 Å². The van der Waals surface area contributed by atoms with E-state index in [1.54, 1.807) is 29.3 Å². The molecule has 2 aromatic rings. The number of nitrogens with zero attached hydrogens (tertiary/aromatic N) is 2. The third-order valence-electron chi connectivity index (χ3n) is 5.70. The summed E-state index contributed by atoms with van der Waals surface area (Å²) in [6, 6.07) is 8.54. The fourth-order valence-corrected chi connectivity index (χ4v) is 4.22. The molecule has 4 rings (SSSR count). The van der Waals surface area contributed by atoms with Gasteiger partial charge in [0, 0.05) is 37.6 Å². The Morgan fingerprint density at radius 1 is 1.13 bits per heavy atom. The Morgan fingerprint density at radius 3 is 2.67 bits per heavy atom. The maximum absolute atomic E-state index is 12.7. The molecular weight excluding hydrogens is 404 g/mol. The molecule has 0 N–H and O–H groups in total. The maximum Gasteiger partial charge on any atom is 0.255 e. The van der Waals surface area contributed by atoms with Gasteiger partial charge in [0.15, 0.2) is 5.78 Å². The number of carbonyl (C=O) groups is 4. The van der Waals surface area contributed by atoms with Gasteiger partial charge in [0.2, 0.25) is 0 Å². The Hall–Kier alpha value is -2.86. The third-order valence-corrected chi connectivity index (χ3v) is 5.92. The van der Waals surface area contributed by atoms with Crippen molar-refractivity contribution in [2.24, 2.45) is 0 Å². The summed E-state index contributed by atoms with van der Waals surface area (Å²) in [5.74, 6) is -0.276. The molecule has 0 radical (unpaired) electrons. The highest BCUT2D eigenvalue weighted by Gasteiger charge is 2.38. The van der Waals surface area contributed by atoms with E-state index in [0.717, 1.165) is 16.7 Å². The molecule has 0 bridgehead atoms. The van der Waals surface area contributed by atoms with Crippen LogP contribution >= 0.6 is 11.6 Å². The Kier molecular flexibility index (Phi) is 5.77. The smallest absolute Gasteiger partial charge is 0.255 e. The van der Waals surface area contributed by atoms with Crippen molar-refractivity contribution in [3.63, 3.8) is 0 Å². The van der Waals surface area contributed by atoms with Crippen LogP contribution in [0.5, 0.6) is 0 Å². The van der Waals surface area contributed by atoms with Gasteiger partial charge in [-0.15, -0.1) is 0 Å². The highest BCUT2D eigenvalue weighted by Crippen LogP contribution is 2.29. The molecule has 1 atom stereocenters. The third kappa shape index (κ3) is 4.33. The van der Waals surface area contributed by atoms with Crippen molar-refractivity contribution in [2.75, 3.05) is 0 Å². The number of hydrogen-bond donors (Lipinski definition) is 0. The molecule has 1 aromatic carbocycles. The van der Waals surface area contributed by atoms with E-state index in [1.165, 1.54) is 0 Å². The van der Waals surface area contributed by atoms with Gasteiger partial charge < -0.3 is 4.90 Å². The minimum Gasteiger partial charge on any atom is -0.324 e. The maximum atomic E-state index is 12.7. The molecule has 1 aliphatic heterocycles. The Balaban J connectivity index is 1.38. The number of rotatable bonds is 6. The Morgan fingerprint density at radius 2 is 1.93 bits per heavy atom. The lowest BCUT2D eigenvalue weighted by molar-refractivity contribution is -0.133. The molecule has 0 saturated heterocycles. The van der Waals surface area contributed by atoms with Gasteiger partial charge in [-0.2, -0.15) is 0 Å². The number of fused-ring (bicyclic) bond motifs is 1. The minimum absolute atomic E-state index is 0.0539. The molecule has 0 spiro atoms. The molecule has 7 heteroatoms. The first-order valence-electron chi connectivity index (χ1n) is 10.00. The molecule has 1 aromatic heterocycles. The van der Waals surface area contributed by atoms with E-state index in [1.807, 2.05) is 12.1 Å². The van der Waals surface area contributed by atoms with E-state index in [4.69, 9.17) is 11.6 Å². The zero-order valence-electron chi connectivity index (χ0n) is 16.4. The Bertz CT molecular complexity index is 1030. The molecule has 1 aliphatic carbocycles. The first kappa shape index (κ1) is 20.4. The van der Waals surface area contributed by atoms with Crippen LogP contribution in [-0.4, -0.2) is 39.2 Å². The molecule has 1 amide bonds. The van der Waals surface area contributed by atoms with Gasteiger partial charge in [0.05, 0.1) is 12.5 Å². The summed E-state index contributed by atoms with van der Waals surface area (Å²) in [6.07, 6.45) is 3.55. The molecular formula is C23H21ClN2O4. The van der Waals surface area contributed by atoms with Crippen LogP contribution in [0.4, 0.5) is 0 Å². The van der Waals surface area contributed by atoms with E-state index in [2.05, 4.69) is 4.98 Å². The monoisotopic (exact) mass is 424 g/mol. The number of Topliss-reactive ketones (excluding diaryl/α,β-unsaturated/α-hetero) is 3. The predicted molar refractivity (Wildman–Crippen MR) is 110 cm³/mol. The number of pyridine rings is 1. The van der Waals surface area contributed by atoms with Crippen molar-refractivity contribution in [3.8, 4) is 0 Å². The second-order valence-corrected chi connectivity index (χ2v) is 8.25. The second-order valence-electron chi connectivity index (χ2n) is 7.87. The minimum atomic E-state index is -0.513. The van der Waals surface area contributed by atoms with Gasteiger partial charge in [-0.3, -0.25) is 19.2 Å². The number of aromatic nitrogens is 1. The van der Waals surface area contributed by atoms with Gasteiger partial charge in [-0.05, 0) is 41.7 Å². The van der Waals surface area contributed by atoms with Crippen molar-refractivity contribution < 1.29 is 19.2 Å². The number of ketones is 3. The van der Waals surface area contributed by atoms with Crippen LogP contribution < -0.4 is 0 Å². The predicted octanol–water partition coefficient (Wildman–Crippen LogP) is 3.13. The summed E-state index contributed by atoms with van der Waals surface area (Å²) >= 11 is 5.76. The van der Waals surface area contributed by atoms with Crippen LogP contribution in [0.2, 0.25) is 5.15 Å². The normalized spacial score (nSPS) is 18.6. The molecule has 30 heavy (non-hydrogen) atoms. The molecule has 154 valence electrons. The van der Waals surface area contributed by atoms with E-state index in [0.29, 0.717) is 49.4 Å². The number of hydrogen-bond acceptors (Lipinski definition) is 5. The van der Waals surface area contributed by atoms with Crippen LogP contribution in [0.15, 0.2) is 36.5 Å². The Labute approximate surface area is 179 Å². The van der Waals surface area contributed by atoms with E-state index in [-0.39, 0.29) is 29.7 Å². The lowest BCUT2D eigenvalue weighted by Gasteiger charge is -2.29. The van der Waals surface area contributed by atoms with Gasteiger partial charge in [-0.1, -0.05) is 29.8 Å². The first-order valence-corrected chi connectivity index (χ1v) is 10.4. The highest BCUT2D eigenvalue weighted by atomic mass is 35.5. The van der Waals surface area contributed by atoms with Crippen molar-refractivity contribution >= 4 is 34.9 Å². The van der Waals surface area contributed by atoms with E-state index < -0.39 is 6.04 Å². The summed E-state index contributed by atoms with van der Waals surface area (Å²) in [6.45, 7) is 0.372. The first-order chi connectivity index (χ1) is 14.4. The standard InChI is InChI=1S/C23H21ClN2O4/c24-22-8-3-15(12-25-22)10-17(27)4-1-14-2-6-19-16(9-14)13-26(23(19)30)20-7-5-18(28)11-21(20)29/h2-3,6,8-9,12,20H,1,4-5,7,10-11,13H2. The molecule has 1 unspecified atom stereocenters. The molecule has 6 nitrogen and oxygen atoms in total. The number of benzene rings is 1. The molecule has 1 fully saturated rings. The van der Waals surface area contributed by atoms with E-state index in [9.17, 15) is 19.2 Å². The van der Waals surface area contributed by atoms with Crippen LogP contribution in [0.3, 0.4) is 0 Å². The topological polar surface area (TPSA) is 84.4 Å². The van der Waals surface area contributed by atoms with Crippen LogP contribution in [-0.2, 0) is 33.8 Å². The fourth-order valence-electron chi connectivity index (χ4n) is 4.10. The van der Waals surface area contributed by atoms with E-state index >= 15 is 0 Å². The average molecular weight is 425 g/mol. The summed E-state index contributed by atoms with van der Waals surface area (Å²) in [4.78, 5) is 54.3. The van der Waals surface area contributed by atoms with Crippen molar-refractivity contribution in [1.82, 2.24) is 9.88 Å². The summed E-state index contributed by atoms with van der Waals surface area (Å²) in [5, 5.41) is 0.398. The SMILES string of the molecule is O=C1CCC(N2Cc3cc(CCC(=O)Cc4ccc(Cl)nc4)ccc3C2=O)C(=O)C1. The number of carbonyl (C=O) groups excluding carboxylic acids is 4. The van der Waals surface area contributed by atoms with Crippen LogP contribution in [0.25, 0.3) is 0 Å². The van der Waals surface area contributed by atoms with Gasteiger partial charge in [0.1, 0.15) is 16.7 Å². The summed E-state index contributed by atoms with van der Waals surface area (Å²) in [7, 11) is 0. The molecule has 1 saturated carbocycles. The van der Waals surface area contributed by atoms with Crippen LogP contribution in [0, 0.1) is 0 Å². The summed E-state index contributed by atoms with van der Waals surface area (Å²) in [5.41, 5.74) is 3.28. The number of halogens is 1. The molecule has 2 aliphatic rings. The largest absolute Gasteiger partial charge is 0.324 e. The molecule has 2 heterocycles. The fraction of sp³-hybridized carbons (Fsp3) is 0.348. The van der Waals surface area contributed by atoms with Crippen LogP contribution in [0.1, 0.15) is 52.7 Å². The average Bonchev–Trinajstić information content (AvgIpc) is 3.04. The lowest BCUT2D eigenvalue weighted by Crippen LogP contribution is -2.44. The van der Waals surface area contributed by atoms with Crippen molar-refractivity contribution in [1.29, 1.82) is 0 Å². The lowest BCUT2D eigenvalue weighted by atomic mass is 9.92. The number of amides is 1. The van der Waals surface area contributed by atoms with Crippen molar-refractivity contribution in [2.45, 2.75) is 51.1 Å². The zero-order chi connectivity index (χ0) is 21.3. The quantitative estimate of drug-likeness (QED) is 0.525.